The summed E-state index contributed by atoms with van der Waals surface area (Å²) < 4.78 is 6.64. The van der Waals surface area contributed by atoms with Gasteiger partial charge in [0.15, 0.2) is 11.2 Å². The second kappa shape index (κ2) is 8.82. The van der Waals surface area contributed by atoms with E-state index in [1.807, 2.05) is 0 Å². The van der Waals surface area contributed by atoms with Crippen molar-refractivity contribution in [1.82, 2.24) is 29.9 Å². The molecular weight excluding hydrogens is 408 g/mol. The molecule has 1 amide bonds. The molecule has 9 nitrogen and oxygen atoms in total. The molecule has 170 valence electrons. The van der Waals surface area contributed by atoms with Crippen LogP contribution in [-0.2, 0) is 21.5 Å². The number of H-pyrrole nitrogens is 1. The van der Waals surface area contributed by atoms with Gasteiger partial charge in [0.1, 0.15) is 12.4 Å². The van der Waals surface area contributed by atoms with Crippen molar-refractivity contribution in [3.05, 3.63) is 51.6 Å². The maximum atomic E-state index is 12.7. The fourth-order valence-electron chi connectivity index (χ4n) is 4.11. The molecule has 3 aromatic rings. The van der Waals surface area contributed by atoms with Gasteiger partial charge >= 0.3 is 0 Å². The monoisotopic (exact) mass is 438 g/mol. The molecule has 1 atom stereocenters. The Hall–Kier alpha value is -3.07. The number of carbonyl (C=O) groups is 1. The number of likely N-dealkylation sites (tertiary alicyclic amines) is 1. The van der Waals surface area contributed by atoms with Gasteiger partial charge < -0.3 is 14.6 Å². The van der Waals surface area contributed by atoms with E-state index in [2.05, 4.69) is 60.3 Å². The van der Waals surface area contributed by atoms with Gasteiger partial charge in [-0.25, -0.2) is 9.67 Å². The van der Waals surface area contributed by atoms with Crippen LogP contribution in [0.5, 0.6) is 0 Å². The topological polar surface area (TPSA) is 106 Å². The number of benzene rings is 1. The molecule has 0 radical (unpaired) electrons. The number of hydrogen-bond acceptors (Lipinski definition) is 6. The highest BCUT2D eigenvalue weighted by Crippen LogP contribution is 2.25. The molecule has 1 fully saturated rings. The molecule has 1 aliphatic heterocycles. The summed E-state index contributed by atoms with van der Waals surface area (Å²) in [5.74, 6) is 0.478. The van der Waals surface area contributed by atoms with E-state index in [-0.39, 0.29) is 34.9 Å². The van der Waals surface area contributed by atoms with Crippen molar-refractivity contribution in [2.75, 3.05) is 26.8 Å². The van der Waals surface area contributed by atoms with Gasteiger partial charge in [-0.2, -0.15) is 0 Å². The Balaban J connectivity index is 1.60. The minimum atomic E-state index is -0.306. The number of hydrogen-bond donors (Lipinski definition) is 1. The van der Waals surface area contributed by atoms with E-state index in [1.54, 1.807) is 9.58 Å². The van der Waals surface area contributed by atoms with Gasteiger partial charge in [0.25, 0.3) is 5.56 Å². The predicted molar refractivity (Wildman–Crippen MR) is 121 cm³/mol. The number of nitrogens with one attached hydrogen (secondary N) is 1. The molecular formula is C23H30N6O3. The number of amides is 1. The zero-order valence-corrected chi connectivity index (χ0v) is 19.1. The van der Waals surface area contributed by atoms with Crippen LogP contribution < -0.4 is 5.56 Å². The molecule has 4 rings (SSSR count). The first-order valence-electron chi connectivity index (χ1n) is 11.0. The first-order chi connectivity index (χ1) is 15.3. The average molecular weight is 439 g/mol. The third-order valence-electron chi connectivity index (χ3n) is 5.97. The zero-order chi connectivity index (χ0) is 22.9. The Kier molecular flexibility index (Phi) is 6.10. The van der Waals surface area contributed by atoms with Crippen LogP contribution in [0.15, 0.2) is 29.1 Å². The van der Waals surface area contributed by atoms with Gasteiger partial charge in [0, 0.05) is 26.1 Å². The fourth-order valence-corrected chi connectivity index (χ4v) is 4.11. The number of ether oxygens (including phenoxy) is 1. The summed E-state index contributed by atoms with van der Waals surface area (Å²) in [6.45, 7) is 8.27. The molecule has 3 heterocycles. The number of piperidine rings is 1. The van der Waals surface area contributed by atoms with Gasteiger partial charge in [-0.1, -0.05) is 50.3 Å². The number of aromatic amines is 1. The lowest BCUT2D eigenvalue weighted by Gasteiger charge is -2.32. The summed E-state index contributed by atoms with van der Waals surface area (Å²) in [4.78, 5) is 34.3. The third-order valence-corrected chi connectivity index (χ3v) is 5.97. The van der Waals surface area contributed by atoms with Gasteiger partial charge in [-0.05, 0) is 29.4 Å². The van der Waals surface area contributed by atoms with E-state index in [9.17, 15) is 9.59 Å². The Morgan fingerprint density at radius 3 is 2.69 bits per heavy atom. The van der Waals surface area contributed by atoms with Crippen LogP contribution in [0.1, 0.15) is 56.5 Å². The molecule has 2 aromatic heterocycles. The van der Waals surface area contributed by atoms with E-state index < -0.39 is 0 Å². The van der Waals surface area contributed by atoms with Gasteiger partial charge in [0.2, 0.25) is 5.91 Å². The summed E-state index contributed by atoms with van der Waals surface area (Å²) in [6, 6.07) is 8.38. The molecule has 1 aromatic carbocycles. The van der Waals surface area contributed by atoms with E-state index in [0.717, 1.165) is 18.4 Å². The van der Waals surface area contributed by atoms with Crippen LogP contribution in [0.25, 0.3) is 11.2 Å². The summed E-state index contributed by atoms with van der Waals surface area (Å²) in [7, 11) is 1.51. The second-order valence-electron chi connectivity index (χ2n) is 9.43. The minimum absolute atomic E-state index is 0.0453. The summed E-state index contributed by atoms with van der Waals surface area (Å²) >= 11 is 0. The van der Waals surface area contributed by atoms with Gasteiger partial charge in [-0.15, -0.1) is 5.10 Å². The average Bonchev–Trinajstić information content (AvgIpc) is 3.17. The summed E-state index contributed by atoms with van der Waals surface area (Å²) in [5.41, 5.74) is 2.78. The van der Waals surface area contributed by atoms with Crippen molar-refractivity contribution in [3.63, 3.8) is 0 Å². The maximum absolute atomic E-state index is 12.7. The molecule has 0 saturated carbocycles. The van der Waals surface area contributed by atoms with Crippen LogP contribution in [0, 0.1) is 0 Å². The number of aromatic nitrogens is 5. The highest BCUT2D eigenvalue weighted by molar-refractivity contribution is 5.77. The van der Waals surface area contributed by atoms with E-state index in [0.29, 0.717) is 31.1 Å². The standard InChI is InChI=1S/C23H30N6O3/c1-23(2,3)17-9-7-15(8-10-17)12-29-21-19(26-27-29)22(31)25-20(24-21)16-6-5-11-28(13-16)18(30)14-32-4/h7-10,16H,5-6,11-14H2,1-4H3,(H,24,25,31). The van der Waals surface area contributed by atoms with Crippen LogP contribution in [0.3, 0.4) is 0 Å². The van der Waals surface area contributed by atoms with Gasteiger partial charge in [0.05, 0.1) is 6.54 Å². The lowest BCUT2D eigenvalue weighted by molar-refractivity contribution is -0.136. The smallest absolute Gasteiger partial charge is 0.281 e. The molecule has 1 N–H and O–H groups in total. The van der Waals surface area contributed by atoms with E-state index in [4.69, 9.17) is 9.72 Å². The third kappa shape index (κ3) is 4.57. The Labute approximate surface area is 186 Å². The molecule has 0 aliphatic carbocycles. The second-order valence-corrected chi connectivity index (χ2v) is 9.43. The van der Waals surface area contributed by atoms with Crippen LogP contribution >= 0.6 is 0 Å². The zero-order valence-electron chi connectivity index (χ0n) is 19.1. The minimum Gasteiger partial charge on any atom is -0.375 e. The van der Waals surface area contributed by atoms with Gasteiger partial charge in [-0.3, -0.25) is 9.59 Å². The van der Waals surface area contributed by atoms with E-state index in [1.165, 1.54) is 12.7 Å². The summed E-state index contributed by atoms with van der Waals surface area (Å²) in [5, 5.41) is 8.23. The quantitative estimate of drug-likeness (QED) is 0.655. The highest BCUT2D eigenvalue weighted by atomic mass is 16.5. The van der Waals surface area contributed by atoms with Crippen molar-refractivity contribution in [2.45, 2.75) is 51.5 Å². The Bertz CT molecular complexity index is 1160. The van der Waals surface area contributed by atoms with Crippen LogP contribution in [-0.4, -0.2) is 62.6 Å². The highest BCUT2D eigenvalue weighted by Gasteiger charge is 2.27. The number of fused-ring (bicyclic) bond motifs is 1. The van der Waals surface area contributed by atoms with Crippen molar-refractivity contribution in [3.8, 4) is 0 Å². The maximum Gasteiger partial charge on any atom is 0.281 e. The Morgan fingerprint density at radius 2 is 2.00 bits per heavy atom. The molecule has 32 heavy (non-hydrogen) atoms. The molecule has 1 aliphatic rings. The number of rotatable bonds is 5. The Morgan fingerprint density at radius 1 is 1.25 bits per heavy atom. The first-order valence-corrected chi connectivity index (χ1v) is 11.0. The largest absolute Gasteiger partial charge is 0.375 e. The molecule has 9 heteroatoms. The van der Waals surface area contributed by atoms with E-state index >= 15 is 0 Å². The molecule has 1 unspecified atom stereocenters. The normalized spacial score (nSPS) is 17.1. The SMILES string of the molecule is COCC(=O)N1CCCC(c2nc3c(nnn3Cc3ccc(C(C)(C)C)cc3)c(=O)[nH]2)C1. The molecule has 0 spiro atoms. The lowest BCUT2D eigenvalue weighted by atomic mass is 9.87. The van der Waals surface area contributed by atoms with Crippen molar-refractivity contribution >= 4 is 17.1 Å². The lowest BCUT2D eigenvalue weighted by Crippen LogP contribution is -2.41. The number of carbonyl (C=O) groups excluding carboxylic acids is 1. The number of methoxy groups -OCH3 is 1. The van der Waals surface area contributed by atoms with Crippen molar-refractivity contribution < 1.29 is 9.53 Å². The van der Waals surface area contributed by atoms with Crippen molar-refractivity contribution in [2.24, 2.45) is 0 Å². The molecule has 1 saturated heterocycles. The van der Waals surface area contributed by atoms with Crippen LogP contribution in [0.2, 0.25) is 0 Å². The van der Waals surface area contributed by atoms with Crippen molar-refractivity contribution in [1.29, 1.82) is 0 Å². The number of nitrogens with zero attached hydrogens (tertiary/aromatic N) is 5. The van der Waals surface area contributed by atoms with Crippen LogP contribution in [0.4, 0.5) is 0 Å². The first kappa shape index (κ1) is 22.1. The summed E-state index contributed by atoms with van der Waals surface area (Å²) in [6.07, 6.45) is 1.69. The fraction of sp³-hybridized carbons (Fsp3) is 0.522. The molecule has 0 bridgehead atoms. The predicted octanol–water partition coefficient (Wildman–Crippen LogP) is 2.21.